The number of carbonyl (C=O) groups is 2. The number of ether oxygens (including phenoxy) is 1. The number of amides is 4. The Labute approximate surface area is 186 Å². The summed E-state index contributed by atoms with van der Waals surface area (Å²) in [5, 5.41) is 40.7. The molecule has 0 spiro atoms. The van der Waals surface area contributed by atoms with Crippen LogP contribution < -0.4 is 21.3 Å². The number of aliphatic hydroxyl groups excluding tert-OH is 3. The smallest absolute Gasteiger partial charge is 0.324 e. The van der Waals surface area contributed by atoms with Crippen LogP contribution in [-0.4, -0.2) is 78.5 Å². The molecule has 4 rings (SSSR count). The van der Waals surface area contributed by atoms with E-state index in [1.54, 1.807) is 24.3 Å². The highest BCUT2D eigenvalue weighted by atomic mass is 16.6. The van der Waals surface area contributed by atoms with Crippen LogP contribution in [0.5, 0.6) is 0 Å². The molecule has 1 unspecified atom stereocenters. The average Bonchev–Trinajstić information content (AvgIpc) is 3.36. The van der Waals surface area contributed by atoms with Crippen LogP contribution in [0.2, 0.25) is 0 Å². The second-order valence-corrected chi connectivity index (χ2v) is 7.13. The summed E-state index contributed by atoms with van der Waals surface area (Å²) in [7, 11) is 1.36. The molecule has 0 saturated carbocycles. The lowest BCUT2D eigenvalue weighted by atomic mass is 10.1. The third-order valence-corrected chi connectivity index (χ3v) is 4.99. The fourth-order valence-corrected chi connectivity index (χ4v) is 3.39. The predicted octanol–water partition coefficient (Wildman–Crippen LogP) is -0.663. The molecule has 1 saturated heterocycles. The van der Waals surface area contributed by atoms with Crippen molar-refractivity contribution in [3.05, 3.63) is 43.0 Å². The molecule has 2 aromatic heterocycles. The molecule has 7 N–H and O–H groups in total. The number of benzene rings is 1. The molecule has 33 heavy (non-hydrogen) atoms. The second-order valence-electron chi connectivity index (χ2n) is 7.13. The van der Waals surface area contributed by atoms with Crippen molar-refractivity contribution in [2.75, 3.05) is 17.7 Å². The van der Waals surface area contributed by atoms with E-state index in [0.29, 0.717) is 5.69 Å². The Morgan fingerprint density at radius 1 is 1.06 bits per heavy atom. The Morgan fingerprint density at radius 3 is 2.55 bits per heavy atom. The largest absolute Gasteiger partial charge is 0.387 e. The van der Waals surface area contributed by atoms with E-state index in [0.717, 1.165) is 0 Å². The normalized spacial score (nSPS) is 23.2. The van der Waals surface area contributed by atoms with Gasteiger partial charge in [0.05, 0.1) is 6.33 Å². The summed E-state index contributed by atoms with van der Waals surface area (Å²) in [5.74, 6) is 0.109. The summed E-state index contributed by atoms with van der Waals surface area (Å²) in [6, 6.07) is 7.56. The van der Waals surface area contributed by atoms with Gasteiger partial charge in [-0.1, -0.05) is 18.2 Å². The van der Waals surface area contributed by atoms with Gasteiger partial charge in [0.15, 0.2) is 29.4 Å². The molecule has 0 bridgehead atoms. The monoisotopic (exact) mass is 458 g/mol. The highest BCUT2D eigenvalue weighted by molar-refractivity contribution is 6.02. The van der Waals surface area contributed by atoms with Gasteiger partial charge in [0.1, 0.15) is 24.6 Å². The molecule has 3 aromatic rings. The minimum Gasteiger partial charge on any atom is -0.387 e. The van der Waals surface area contributed by atoms with Gasteiger partial charge in [0, 0.05) is 12.7 Å². The minimum atomic E-state index is -1.59. The molecule has 3 heterocycles. The average molecular weight is 458 g/mol. The first kappa shape index (κ1) is 22.3. The number of para-hydroxylation sites is 1. The van der Waals surface area contributed by atoms with Crippen molar-refractivity contribution in [3.63, 3.8) is 0 Å². The quantitative estimate of drug-likeness (QED) is 0.243. The lowest BCUT2D eigenvalue weighted by Gasteiger charge is -2.21. The summed E-state index contributed by atoms with van der Waals surface area (Å²) in [5.41, 5.74) is 0.987. The van der Waals surface area contributed by atoms with Gasteiger partial charge in [-0.05, 0) is 12.1 Å². The van der Waals surface area contributed by atoms with E-state index in [4.69, 9.17) is 4.74 Å². The van der Waals surface area contributed by atoms with Crippen LogP contribution in [0.1, 0.15) is 6.23 Å². The summed E-state index contributed by atoms with van der Waals surface area (Å²) in [4.78, 5) is 36.1. The summed E-state index contributed by atoms with van der Waals surface area (Å²) in [6.07, 6.45) is -4.61. The number of rotatable bonds is 5. The van der Waals surface area contributed by atoms with E-state index in [9.17, 15) is 24.9 Å². The molecule has 14 heteroatoms. The molecule has 174 valence electrons. The minimum absolute atomic E-state index is 0.109. The molecule has 1 aromatic carbocycles. The molecular formula is C19H22N8O6. The van der Waals surface area contributed by atoms with E-state index in [1.165, 1.54) is 24.3 Å². The lowest BCUT2D eigenvalue weighted by molar-refractivity contribution is -0.0892. The Bertz CT molecular complexity index is 1140. The third kappa shape index (κ3) is 4.54. The number of aliphatic hydroxyl groups is 3. The SMILES string of the molecule is CNC(=O)NC(O)[C@H]1O[C@@H](n2cnc3c(NC(=O)Nc4ccccc4)ncnc32)[C@H](O)[C@@H]1O. The molecule has 1 aliphatic rings. The van der Waals surface area contributed by atoms with Crippen molar-refractivity contribution in [3.8, 4) is 0 Å². The molecular weight excluding hydrogens is 436 g/mol. The maximum absolute atomic E-state index is 12.3. The first-order valence-corrected chi connectivity index (χ1v) is 9.87. The number of aromatic nitrogens is 4. The van der Waals surface area contributed by atoms with Crippen LogP contribution in [0.3, 0.4) is 0 Å². The van der Waals surface area contributed by atoms with Crippen molar-refractivity contribution in [2.24, 2.45) is 0 Å². The number of hydrogen-bond donors (Lipinski definition) is 7. The highest BCUT2D eigenvalue weighted by Crippen LogP contribution is 2.33. The zero-order chi connectivity index (χ0) is 23.5. The molecule has 5 atom stereocenters. The highest BCUT2D eigenvalue weighted by Gasteiger charge is 2.47. The van der Waals surface area contributed by atoms with Crippen molar-refractivity contribution < 1.29 is 29.6 Å². The molecule has 1 fully saturated rings. The number of nitrogens with zero attached hydrogens (tertiary/aromatic N) is 4. The number of carbonyl (C=O) groups excluding carboxylic acids is 2. The van der Waals surface area contributed by atoms with Gasteiger partial charge in [-0.25, -0.2) is 24.5 Å². The van der Waals surface area contributed by atoms with Crippen molar-refractivity contribution >= 4 is 34.7 Å². The fourth-order valence-electron chi connectivity index (χ4n) is 3.39. The predicted molar refractivity (Wildman–Crippen MR) is 114 cm³/mol. The van der Waals surface area contributed by atoms with Crippen molar-refractivity contribution in [1.82, 2.24) is 30.2 Å². The van der Waals surface area contributed by atoms with Crippen LogP contribution in [0.4, 0.5) is 21.1 Å². The van der Waals surface area contributed by atoms with Crippen LogP contribution in [-0.2, 0) is 4.74 Å². The first-order valence-electron chi connectivity index (χ1n) is 9.87. The van der Waals surface area contributed by atoms with Crippen molar-refractivity contribution in [2.45, 2.75) is 30.8 Å². The van der Waals surface area contributed by atoms with E-state index >= 15 is 0 Å². The fraction of sp³-hybridized carbons (Fsp3) is 0.316. The molecule has 4 amide bonds. The second kappa shape index (κ2) is 9.33. The molecule has 0 aliphatic carbocycles. The zero-order valence-corrected chi connectivity index (χ0v) is 17.3. The van der Waals surface area contributed by atoms with Crippen LogP contribution in [0.25, 0.3) is 11.2 Å². The first-order chi connectivity index (χ1) is 15.9. The number of anilines is 2. The Morgan fingerprint density at radius 2 is 1.82 bits per heavy atom. The van der Waals surface area contributed by atoms with Crippen molar-refractivity contribution in [1.29, 1.82) is 0 Å². The van der Waals surface area contributed by atoms with Gasteiger partial charge >= 0.3 is 12.1 Å². The Balaban J connectivity index is 1.53. The van der Waals surface area contributed by atoms with Gasteiger partial charge in [-0.15, -0.1) is 0 Å². The number of imidazole rings is 1. The van der Waals surface area contributed by atoms with Gasteiger partial charge in [0.2, 0.25) is 0 Å². The van der Waals surface area contributed by atoms with Crippen LogP contribution >= 0.6 is 0 Å². The summed E-state index contributed by atoms with van der Waals surface area (Å²) < 4.78 is 6.95. The Kier molecular flexibility index (Phi) is 6.32. The van der Waals surface area contributed by atoms with Gasteiger partial charge in [-0.3, -0.25) is 9.88 Å². The van der Waals surface area contributed by atoms with Gasteiger partial charge in [-0.2, -0.15) is 0 Å². The zero-order valence-electron chi connectivity index (χ0n) is 17.3. The molecule has 0 radical (unpaired) electrons. The maximum Gasteiger partial charge on any atom is 0.324 e. The topological polar surface area (TPSA) is 196 Å². The van der Waals surface area contributed by atoms with E-state index in [2.05, 4.69) is 36.2 Å². The Hall–Kier alpha value is -3.85. The van der Waals surface area contributed by atoms with E-state index in [1.807, 2.05) is 6.07 Å². The standard InChI is InChI=1S/C19H22N8O6/c1-20-18(31)26-16(30)13-11(28)12(29)17(33-13)27-8-23-10-14(21-7-22-15(10)27)25-19(32)24-9-5-3-2-4-6-9/h2-8,11-13,16-17,28-30H,1H3,(H2,20,26,31)(H2,21,22,24,25,32)/t11-,12+,13-,16?,17+/m0/s1. The number of urea groups is 2. The summed E-state index contributed by atoms with van der Waals surface area (Å²) in [6.45, 7) is 0. The van der Waals surface area contributed by atoms with Gasteiger partial charge in [0.25, 0.3) is 0 Å². The van der Waals surface area contributed by atoms with Crippen LogP contribution in [0.15, 0.2) is 43.0 Å². The van der Waals surface area contributed by atoms with E-state index < -0.39 is 42.8 Å². The van der Waals surface area contributed by atoms with Crippen LogP contribution in [0, 0.1) is 0 Å². The molecule has 14 nitrogen and oxygen atoms in total. The third-order valence-electron chi connectivity index (χ3n) is 4.99. The number of nitrogens with one attached hydrogen (secondary N) is 4. The maximum atomic E-state index is 12.3. The number of fused-ring (bicyclic) bond motifs is 1. The van der Waals surface area contributed by atoms with E-state index in [-0.39, 0.29) is 17.0 Å². The number of hydrogen-bond acceptors (Lipinski definition) is 9. The lowest BCUT2D eigenvalue weighted by Crippen LogP contribution is -2.50. The van der Waals surface area contributed by atoms with Gasteiger partial charge < -0.3 is 36.0 Å². The summed E-state index contributed by atoms with van der Waals surface area (Å²) >= 11 is 0. The molecule has 1 aliphatic heterocycles.